The third-order valence-corrected chi connectivity index (χ3v) is 4.87. The number of imidazole rings is 1. The van der Waals surface area contributed by atoms with Gasteiger partial charge in [-0.3, -0.25) is 14.2 Å². The summed E-state index contributed by atoms with van der Waals surface area (Å²) in [5.41, 5.74) is 5.77. The average Bonchev–Trinajstić information content (AvgIpc) is 3.01. The highest BCUT2D eigenvalue weighted by molar-refractivity contribution is 8.13. The van der Waals surface area contributed by atoms with Crippen LogP contribution in [0.1, 0.15) is 12.5 Å². The summed E-state index contributed by atoms with van der Waals surface area (Å²) in [6.45, 7) is 3.63. The molecule has 0 bridgehead atoms. The maximum atomic E-state index is 11.3. The maximum absolute atomic E-state index is 11.3. The second-order valence-electron chi connectivity index (χ2n) is 6.07. The quantitative estimate of drug-likeness (QED) is 0.482. The SMILES string of the molecule is CC(=O)Sc1ccc(-c2nc3ccccn3c2-c2cc(C)ccn2)cc1. The lowest BCUT2D eigenvalue weighted by Gasteiger charge is -2.06. The Balaban J connectivity index is 1.90. The monoisotopic (exact) mass is 359 g/mol. The van der Waals surface area contributed by atoms with Crippen molar-refractivity contribution in [2.45, 2.75) is 18.7 Å². The van der Waals surface area contributed by atoms with Crippen LogP contribution >= 0.6 is 11.8 Å². The fourth-order valence-electron chi connectivity index (χ4n) is 2.95. The van der Waals surface area contributed by atoms with Gasteiger partial charge in [-0.2, -0.15) is 0 Å². The molecule has 1 aromatic carbocycles. The Hall–Kier alpha value is -2.92. The molecule has 0 saturated carbocycles. The smallest absolute Gasteiger partial charge is 0.190 e. The standard InChI is InChI=1S/C21H17N3OS/c1-14-10-11-22-18(13-14)21-20(23-19-5-3-4-12-24(19)21)16-6-8-17(9-7-16)26-15(2)25/h3-13H,1-2H3. The lowest BCUT2D eigenvalue weighted by atomic mass is 10.1. The van der Waals surface area contributed by atoms with Crippen LogP contribution in [-0.4, -0.2) is 19.5 Å². The molecule has 0 amide bonds. The van der Waals surface area contributed by atoms with Crippen LogP contribution in [0.25, 0.3) is 28.3 Å². The topological polar surface area (TPSA) is 47.3 Å². The Kier molecular flexibility index (Phi) is 4.31. The van der Waals surface area contributed by atoms with Crippen molar-refractivity contribution < 1.29 is 4.79 Å². The van der Waals surface area contributed by atoms with Gasteiger partial charge in [-0.15, -0.1) is 0 Å². The van der Waals surface area contributed by atoms with Gasteiger partial charge in [0.15, 0.2) is 5.12 Å². The molecule has 0 aliphatic rings. The molecular formula is C21H17N3OS. The first-order chi connectivity index (χ1) is 12.6. The summed E-state index contributed by atoms with van der Waals surface area (Å²) in [7, 11) is 0. The van der Waals surface area contributed by atoms with E-state index in [0.717, 1.165) is 38.8 Å². The Morgan fingerprint density at radius 1 is 1.08 bits per heavy atom. The van der Waals surface area contributed by atoms with Gasteiger partial charge in [0.1, 0.15) is 5.65 Å². The number of carbonyl (C=O) groups excluding carboxylic acids is 1. The molecule has 0 spiro atoms. The summed E-state index contributed by atoms with van der Waals surface area (Å²) in [6, 6.07) is 17.9. The predicted octanol–water partition coefficient (Wildman–Crippen LogP) is 5.01. The summed E-state index contributed by atoms with van der Waals surface area (Å²) in [6.07, 6.45) is 3.83. The molecule has 3 heterocycles. The van der Waals surface area contributed by atoms with Crippen molar-refractivity contribution in [3.05, 3.63) is 72.6 Å². The first-order valence-electron chi connectivity index (χ1n) is 8.31. The number of hydrogen-bond acceptors (Lipinski definition) is 4. The third-order valence-electron chi connectivity index (χ3n) is 4.08. The molecule has 0 N–H and O–H groups in total. The van der Waals surface area contributed by atoms with Gasteiger partial charge >= 0.3 is 0 Å². The molecule has 0 aliphatic heterocycles. The second-order valence-corrected chi connectivity index (χ2v) is 7.32. The van der Waals surface area contributed by atoms with E-state index in [1.165, 1.54) is 11.8 Å². The number of rotatable bonds is 3. The number of carbonyl (C=O) groups is 1. The molecule has 0 radical (unpaired) electrons. The summed E-state index contributed by atoms with van der Waals surface area (Å²) in [5.74, 6) is 0. The summed E-state index contributed by atoms with van der Waals surface area (Å²) in [5, 5.41) is 0.0788. The van der Waals surface area contributed by atoms with E-state index < -0.39 is 0 Å². The van der Waals surface area contributed by atoms with Crippen molar-refractivity contribution in [3.63, 3.8) is 0 Å². The summed E-state index contributed by atoms with van der Waals surface area (Å²) >= 11 is 1.23. The molecule has 4 rings (SSSR count). The number of benzene rings is 1. The molecule has 0 fully saturated rings. The molecule has 0 atom stereocenters. The van der Waals surface area contributed by atoms with Crippen LogP contribution in [0.5, 0.6) is 0 Å². The lowest BCUT2D eigenvalue weighted by molar-refractivity contribution is -0.109. The second kappa shape index (κ2) is 6.77. The Labute approximate surface area is 155 Å². The number of aryl methyl sites for hydroxylation is 1. The highest BCUT2D eigenvalue weighted by atomic mass is 32.2. The van der Waals surface area contributed by atoms with Crippen LogP contribution in [0.2, 0.25) is 0 Å². The number of thioether (sulfide) groups is 1. The van der Waals surface area contributed by atoms with Gasteiger partial charge < -0.3 is 0 Å². The molecule has 128 valence electrons. The van der Waals surface area contributed by atoms with Crippen molar-refractivity contribution in [1.82, 2.24) is 14.4 Å². The van der Waals surface area contributed by atoms with Crippen LogP contribution in [0.15, 0.2) is 71.9 Å². The van der Waals surface area contributed by atoms with Crippen molar-refractivity contribution in [1.29, 1.82) is 0 Å². The zero-order valence-corrected chi connectivity index (χ0v) is 15.3. The van der Waals surface area contributed by atoms with Gasteiger partial charge in [0.05, 0.1) is 17.1 Å². The van der Waals surface area contributed by atoms with Gasteiger partial charge in [0, 0.05) is 29.8 Å². The van der Waals surface area contributed by atoms with E-state index in [0.29, 0.717) is 0 Å². The Morgan fingerprint density at radius 3 is 2.62 bits per heavy atom. The zero-order valence-electron chi connectivity index (χ0n) is 14.5. The molecular weight excluding hydrogens is 342 g/mol. The van der Waals surface area contributed by atoms with Crippen LogP contribution in [-0.2, 0) is 4.79 Å². The highest BCUT2D eigenvalue weighted by Crippen LogP contribution is 2.33. The van der Waals surface area contributed by atoms with Crippen molar-refractivity contribution in [2.24, 2.45) is 0 Å². The fourth-order valence-corrected chi connectivity index (χ4v) is 3.56. The normalized spacial score (nSPS) is 11.0. The van der Waals surface area contributed by atoms with Gasteiger partial charge in [-0.1, -0.05) is 30.0 Å². The molecule has 3 aromatic heterocycles. The third kappa shape index (κ3) is 3.13. The molecule has 26 heavy (non-hydrogen) atoms. The van der Waals surface area contributed by atoms with E-state index in [9.17, 15) is 4.79 Å². The number of pyridine rings is 2. The van der Waals surface area contributed by atoms with Crippen molar-refractivity contribution in [3.8, 4) is 22.6 Å². The minimum Gasteiger partial charge on any atom is -0.298 e. The van der Waals surface area contributed by atoms with E-state index in [-0.39, 0.29) is 5.12 Å². The molecule has 4 aromatic rings. The van der Waals surface area contributed by atoms with Crippen LogP contribution < -0.4 is 0 Å². The number of aromatic nitrogens is 3. The predicted molar refractivity (Wildman–Crippen MR) is 105 cm³/mol. The van der Waals surface area contributed by atoms with Gasteiger partial charge in [0.2, 0.25) is 0 Å². The van der Waals surface area contributed by atoms with Gasteiger partial charge in [0.25, 0.3) is 0 Å². The van der Waals surface area contributed by atoms with E-state index in [1.807, 2.05) is 60.9 Å². The Bertz CT molecular complexity index is 1100. The largest absolute Gasteiger partial charge is 0.298 e. The minimum absolute atomic E-state index is 0.0788. The van der Waals surface area contributed by atoms with E-state index in [2.05, 4.69) is 22.4 Å². The van der Waals surface area contributed by atoms with Crippen LogP contribution in [0.4, 0.5) is 0 Å². The van der Waals surface area contributed by atoms with Crippen molar-refractivity contribution in [2.75, 3.05) is 0 Å². The first-order valence-corrected chi connectivity index (χ1v) is 9.12. The first kappa shape index (κ1) is 16.5. The van der Waals surface area contributed by atoms with E-state index in [4.69, 9.17) is 4.98 Å². The zero-order chi connectivity index (χ0) is 18.1. The number of fused-ring (bicyclic) bond motifs is 1. The van der Waals surface area contributed by atoms with E-state index >= 15 is 0 Å². The number of nitrogens with zero attached hydrogens (tertiary/aromatic N) is 3. The van der Waals surface area contributed by atoms with Crippen LogP contribution in [0, 0.1) is 6.92 Å². The summed E-state index contributed by atoms with van der Waals surface area (Å²) < 4.78 is 2.06. The molecule has 0 aliphatic carbocycles. The van der Waals surface area contributed by atoms with E-state index in [1.54, 1.807) is 6.92 Å². The van der Waals surface area contributed by atoms with Gasteiger partial charge in [-0.05, 0) is 48.9 Å². The molecule has 0 unspecified atom stereocenters. The fraction of sp³-hybridized carbons (Fsp3) is 0.0952. The number of hydrogen-bond donors (Lipinski definition) is 0. The highest BCUT2D eigenvalue weighted by Gasteiger charge is 2.17. The minimum atomic E-state index is 0.0788. The van der Waals surface area contributed by atoms with Gasteiger partial charge in [-0.25, -0.2) is 4.98 Å². The van der Waals surface area contributed by atoms with Crippen molar-refractivity contribution >= 4 is 22.5 Å². The molecule has 5 heteroatoms. The molecule has 4 nitrogen and oxygen atoms in total. The maximum Gasteiger partial charge on any atom is 0.190 e. The average molecular weight is 359 g/mol. The molecule has 0 saturated heterocycles. The Morgan fingerprint density at radius 2 is 1.88 bits per heavy atom. The lowest BCUT2D eigenvalue weighted by Crippen LogP contribution is -1.92. The summed E-state index contributed by atoms with van der Waals surface area (Å²) in [4.78, 5) is 21.6. The van der Waals surface area contributed by atoms with Crippen LogP contribution in [0.3, 0.4) is 0 Å².